The molecule has 146 valence electrons. The van der Waals surface area contributed by atoms with Gasteiger partial charge in [-0.25, -0.2) is 4.68 Å². The molecular formula is C22H20N4O3. The standard InChI is InChI=1S/C22H20N4O3/c1-27-20-11-18(12-21(28-2)22(20)29-3)26-19(14-24-25-26)16-8-6-15(7-9-16)17-5-4-10-23-13-17/h4-14H,1-3H3. The summed E-state index contributed by atoms with van der Waals surface area (Å²) in [6.07, 6.45) is 5.33. The van der Waals surface area contributed by atoms with Crippen molar-refractivity contribution < 1.29 is 14.2 Å². The van der Waals surface area contributed by atoms with Crippen molar-refractivity contribution in [3.05, 3.63) is 67.1 Å². The van der Waals surface area contributed by atoms with Crippen molar-refractivity contribution >= 4 is 0 Å². The van der Waals surface area contributed by atoms with E-state index in [0.717, 1.165) is 28.1 Å². The fraction of sp³-hybridized carbons (Fsp3) is 0.136. The third-order valence-electron chi connectivity index (χ3n) is 4.62. The number of benzene rings is 2. The van der Waals surface area contributed by atoms with Gasteiger partial charge in [0.1, 0.15) is 0 Å². The van der Waals surface area contributed by atoms with E-state index < -0.39 is 0 Å². The van der Waals surface area contributed by atoms with E-state index in [9.17, 15) is 0 Å². The third-order valence-corrected chi connectivity index (χ3v) is 4.62. The molecule has 2 heterocycles. The number of rotatable bonds is 6. The SMILES string of the molecule is COc1cc(-n2nncc2-c2ccc(-c3cccnc3)cc2)cc(OC)c1OC. The summed E-state index contributed by atoms with van der Waals surface area (Å²) in [6.45, 7) is 0. The van der Waals surface area contributed by atoms with Crippen molar-refractivity contribution in [3.63, 3.8) is 0 Å². The average molecular weight is 388 g/mol. The molecule has 4 aromatic rings. The van der Waals surface area contributed by atoms with Crippen molar-refractivity contribution in [1.29, 1.82) is 0 Å². The van der Waals surface area contributed by atoms with Crippen LogP contribution in [-0.2, 0) is 0 Å². The lowest BCUT2D eigenvalue weighted by Gasteiger charge is -2.15. The minimum atomic E-state index is 0.529. The highest BCUT2D eigenvalue weighted by molar-refractivity contribution is 5.69. The molecule has 0 bridgehead atoms. The molecular weight excluding hydrogens is 368 g/mol. The second-order valence-electron chi connectivity index (χ2n) is 6.23. The Balaban J connectivity index is 1.74. The molecule has 0 aliphatic carbocycles. The van der Waals surface area contributed by atoms with E-state index in [1.165, 1.54) is 0 Å². The van der Waals surface area contributed by atoms with Gasteiger partial charge in [0.2, 0.25) is 5.75 Å². The zero-order valence-electron chi connectivity index (χ0n) is 16.4. The zero-order chi connectivity index (χ0) is 20.2. The van der Waals surface area contributed by atoms with E-state index >= 15 is 0 Å². The summed E-state index contributed by atoms with van der Waals surface area (Å²) in [6, 6.07) is 15.8. The van der Waals surface area contributed by atoms with Gasteiger partial charge in [0.05, 0.1) is 38.9 Å². The molecule has 0 saturated heterocycles. The quantitative estimate of drug-likeness (QED) is 0.497. The van der Waals surface area contributed by atoms with Gasteiger partial charge in [-0.05, 0) is 17.2 Å². The van der Waals surface area contributed by atoms with Crippen LogP contribution in [0.25, 0.3) is 28.1 Å². The fourth-order valence-electron chi connectivity index (χ4n) is 3.18. The van der Waals surface area contributed by atoms with Gasteiger partial charge >= 0.3 is 0 Å². The molecule has 0 fully saturated rings. The molecule has 0 N–H and O–H groups in total. The van der Waals surface area contributed by atoms with E-state index in [0.29, 0.717) is 17.2 Å². The van der Waals surface area contributed by atoms with E-state index in [-0.39, 0.29) is 0 Å². The Hall–Kier alpha value is -3.87. The van der Waals surface area contributed by atoms with Crippen molar-refractivity contribution in [1.82, 2.24) is 20.0 Å². The summed E-state index contributed by atoms with van der Waals surface area (Å²) in [5, 5.41) is 8.35. The van der Waals surface area contributed by atoms with Crippen molar-refractivity contribution in [2.24, 2.45) is 0 Å². The van der Waals surface area contributed by atoms with E-state index in [4.69, 9.17) is 14.2 Å². The van der Waals surface area contributed by atoms with Crippen LogP contribution in [0, 0.1) is 0 Å². The normalized spacial score (nSPS) is 10.6. The average Bonchev–Trinajstić information content (AvgIpc) is 3.28. The molecule has 2 aromatic carbocycles. The summed E-state index contributed by atoms with van der Waals surface area (Å²) in [5.74, 6) is 1.63. The maximum atomic E-state index is 5.46. The van der Waals surface area contributed by atoms with Gasteiger partial charge < -0.3 is 14.2 Å². The first-order valence-electron chi connectivity index (χ1n) is 8.97. The maximum absolute atomic E-state index is 5.46. The monoisotopic (exact) mass is 388 g/mol. The first-order chi connectivity index (χ1) is 14.2. The van der Waals surface area contributed by atoms with Gasteiger partial charge in [-0.3, -0.25) is 4.98 Å². The van der Waals surface area contributed by atoms with Gasteiger partial charge in [-0.15, -0.1) is 5.10 Å². The Bertz CT molecular complexity index is 1080. The van der Waals surface area contributed by atoms with Gasteiger partial charge in [-0.2, -0.15) is 0 Å². The largest absolute Gasteiger partial charge is 0.493 e. The minimum Gasteiger partial charge on any atom is -0.493 e. The zero-order valence-corrected chi connectivity index (χ0v) is 16.4. The number of ether oxygens (including phenoxy) is 3. The minimum absolute atomic E-state index is 0.529. The third kappa shape index (κ3) is 3.50. The van der Waals surface area contributed by atoms with E-state index in [1.54, 1.807) is 38.4 Å². The summed E-state index contributed by atoms with van der Waals surface area (Å²) < 4.78 is 18.1. The number of nitrogens with zero attached hydrogens (tertiary/aromatic N) is 4. The van der Waals surface area contributed by atoms with Gasteiger partial charge in [0.15, 0.2) is 11.5 Å². The molecule has 0 spiro atoms. The molecule has 0 atom stereocenters. The van der Waals surface area contributed by atoms with Gasteiger partial charge in [0.25, 0.3) is 0 Å². The number of hydrogen-bond donors (Lipinski definition) is 0. The Morgan fingerprint density at radius 3 is 2.03 bits per heavy atom. The summed E-state index contributed by atoms with van der Waals surface area (Å²) in [5.41, 5.74) is 4.74. The molecule has 0 aliphatic heterocycles. The first-order valence-corrected chi connectivity index (χ1v) is 8.97. The second-order valence-corrected chi connectivity index (χ2v) is 6.23. The maximum Gasteiger partial charge on any atom is 0.203 e. The van der Waals surface area contributed by atoms with E-state index in [2.05, 4.69) is 27.4 Å². The highest BCUT2D eigenvalue weighted by atomic mass is 16.5. The van der Waals surface area contributed by atoms with Crippen LogP contribution in [0.2, 0.25) is 0 Å². The van der Waals surface area contributed by atoms with E-state index in [1.807, 2.05) is 42.6 Å². The topological polar surface area (TPSA) is 71.3 Å². The number of aromatic nitrogens is 4. The number of pyridine rings is 1. The summed E-state index contributed by atoms with van der Waals surface area (Å²) in [4.78, 5) is 4.18. The van der Waals surface area contributed by atoms with Crippen LogP contribution in [0.3, 0.4) is 0 Å². The van der Waals surface area contributed by atoms with Crippen LogP contribution in [-0.4, -0.2) is 41.3 Å². The summed E-state index contributed by atoms with van der Waals surface area (Å²) >= 11 is 0. The van der Waals surface area contributed by atoms with Crippen LogP contribution >= 0.6 is 0 Å². The summed E-state index contributed by atoms with van der Waals surface area (Å²) in [7, 11) is 4.74. The van der Waals surface area contributed by atoms with Crippen molar-refractivity contribution in [3.8, 4) is 45.3 Å². The Labute approximate surface area is 168 Å². The molecule has 7 nitrogen and oxygen atoms in total. The first kappa shape index (κ1) is 18.5. The predicted octanol–water partition coefficient (Wildman–Crippen LogP) is 4.02. The molecule has 0 aliphatic rings. The Kier molecular flexibility index (Phi) is 5.11. The van der Waals surface area contributed by atoms with Crippen LogP contribution in [0.5, 0.6) is 17.2 Å². The van der Waals surface area contributed by atoms with Crippen LogP contribution in [0.4, 0.5) is 0 Å². The molecule has 4 rings (SSSR count). The molecule has 0 amide bonds. The Morgan fingerprint density at radius 2 is 1.45 bits per heavy atom. The molecule has 2 aromatic heterocycles. The van der Waals surface area contributed by atoms with Crippen molar-refractivity contribution in [2.45, 2.75) is 0 Å². The number of hydrogen-bond acceptors (Lipinski definition) is 6. The number of methoxy groups -OCH3 is 3. The highest BCUT2D eigenvalue weighted by Crippen LogP contribution is 2.40. The van der Waals surface area contributed by atoms with Crippen LogP contribution in [0.1, 0.15) is 0 Å². The lowest BCUT2D eigenvalue weighted by molar-refractivity contribution is 0.324. The predicted molar refractivity (Wildman–Crippen MR) is 110 cm³/mol. The smallest absolute Gasteiger partial charge is 0.203 e. The van der Waals surface area contributed by atoms with Crippen LogP contribution < -0.4 is 14.2 Å². The van der Waals surface area contributed by atoms with Crippen LogP contribution in [0.15, 0.2) is 67.1 Å². The second kappa shape index (κ2) is 8.02. The van der Waals surface area contributed by atoms with Gasteiger partial charge in [-0.1, -0.05) is 35.5 Å². The molecule has 7 heteroatoms. The Morgan fingerprint density at radius 1 is 0.759 bits per heavy atom. The lowest BCUT2D eigenvalue weighted by Crippen LogP contribution is -2.02. The van der Waals surface area contributed by atoms with Crippen molar-refractivity contribution in [2.75, 3.05) is 21.3 Å². The lowest BCUT2D eigenvalue weighted by atomic mass is 10.0. The molecule has 0 unspecified atom stereocenters. The molecule has 29 heavy (non-hydrogen) atoms. The van der Waals surface area contributed by atoms with Gasteiger partial charge in [0, 0.05) is 30.1 Å². The fourth-order valence-corrected chi connectivity index (χ4v) is 3.18. The highest BCUT2D eigenvalue weighted by Gasteiger charge is 2.17. The molecule has 0 saturated carbocycles. The molecule has 0 radical (unpaired) electrons.